The van der Waals surface area contributed by atoms with E-state index in [1.54, 1.807) is 12.3 Å². The van der Waals surface area contributed by atoms with Gasteiger partial charge in [0.1, 0.15) is 0 Å². The first-order chi connectivity index (χ1) is 10.9. The number of halogens is 3. The lowest BCUT2D eigenvalue weighted by Crippen LogP contribution is -2.04. The van der Waals surface area contributed by atoms with Gasteiger partial charge in [0.15, 0.2) is 5.69 Å². The Kier molecular flexibility index (Phi) is 3.67. The predicted octanol–water partition coefficient (Wildman–Crippen LogP) is 4.77. The molecular weight excluding hydrogens is 303 g/mol. The van der Waals surface area contributed by atoms with Crippen LogP contribution >= 0.6 is 0 Å². The average molecular weight is 317 g/mol. The largest absolute Gasteiger partial charge is 0.435 e. The SMILES string of the molecule is Cc1cccc(C)c1-c1ccc(-c2cc(C(F)(F)F)n[nH]2)nc1. The molecule has 0 saturated heterocycles. The highest BCUT2D eigenvalue weighted by Crippen LogP contribution is 2.31. The number of H-pyrrole nitrogens is 1. The summed E-state index contributed by atoms with van der Waals surface area (Å²) in [5.74, 6) is 0. The van der Waals surface area contributed by atoms with Gasteiger partial charge in [-0.25, -0.2) is 0 Å². The van der Waals surface area contributed by atoms with E-state index >= 15 is 0 Å². The molecule has 2 heterocycles. The Morgan fingerprint density at radius 3 is 2.22 bits per heavy atom. The molecule has 0 saturated carbocycles. The standard InChI is InChI=1S/C17H14F3N3/c1-10-4-3-5-11(2)16(10)12-6-7-13(21-9-12)14-8-15(23-22-14)17(18,19)20/h3-9H,1-2H3,(H,22,23). The van der Waals surface area contributed by atoms with E-state index < -0.39 is 11.9 Å². The number of pyridine rings is 1. The molecule has 3 nitrogen and oxygen atoms in total. The van der Waals surface area contributed by atoms with Crippen LogP contribution in [0.5, 0.6) is 0 Å². The molecule has 0 radical (unpaired) electrons. The van der Waals surface area contributed by atoms with E-state index in [4.69, 9.17) is 0 Å². The van der Waals surface area contributed by atoms with Gasteiger partial charge in [-0.15, -0.1) is 0 Å². The van der Waals surface area contributed by atoms with E-state index in [1.807, 2.05) is 38.1 Å². The summed E-state index contributed by atoms with van der Waals surface area (Å²) in [5.41, 5.74) is 3.98. The first kappa shape index (κ1) is 15.3. The number of nitrogens with one attached hydrogen (secondary N) is 1. The molecule has 0 aliphatic rings. The number of hydrogen-bond donors (Lipinski definition) is 1. The zero-order valence-electron chi connectivity index (χ0n) is 12.6. The highest BCUT2D eigenvalue weighted by atomic mass is 19.4. The van der Waals surface area contributed by atoms with E-state index in [9.17, 15) is 13.2 Å². The average Bonchev–Trinajstić information content (AvgIpc) is 2.98. The smallest absolute Gasteiger partial charge is 0.276 e. The van der Waals surface area contributed by atoms with Crippen LogP contribution < -0.4 is 0 Å². The maximum Gasteiger partial charge on any atom is 0.435 e. The normalized spacial score (nSPS) is 11.7. The summed E-state index contributed by atoms with van der Waals surface area (Å²) in [6.07, 6.45) is -2.80. The van der Waals surface area contributed by atoms with Crippen molar-refractivity contribution in [3.63, 3.8) is 0 Å². The number of aryl methyl sites for hydroxylation is 2. The molecule has 0 atom stereocenters. The summed E-state index contributed by atoms with van der Waals surface area (Å²) in [6, 6.07) is 10.5. The van der Waals surface area contributed by atoms with E-state index in [2.05, 4.69) is 15.2 Å². The highest BCUT2D eigenvalue weighted by molar-refractivity contribution is 5.71. The minimum atomic E-state index is -4.47. The number of hydrogen-bond acceptors (Lipinski definition) is 2. The van der Waals surface area contributed by atoms with Gasteiger partial charge in [0, 0.05) is 11.8 Å². The predicted molar refractivity (Wildman–Crippen MR) is 81.7 cm³/mol. The summed E-state index contributed by atoms with van der Waals surface area (Å²) in [7, 11) is 0. The maximum absolute atomic E-state index is 12.6. The van der Waals surface area contributed by atoms with Crippen molar-refractivity contribution in [2.24, 2.45) is 0 Å². The van der Waals surface area contributed by atoms with Crippen molar-refractivity contribution in [3.05, 3.63) is 59.4 Å². The maximum atomic E-state index is 12.6. The molecule has 118 valence electrons. The second kappa shape index (κ2) is 5.53. The molecule has 0 fully saturated rings. The molecule has 0 aliphatic carbocycles. The lowest BCUT2D eigenvalue weighted by molar-refractivity contribution is -0.141. The van der Waals surface area contributed by atoms with Crippen LogP contribution in [0.2, 0.25) is 0 Å². The number of nitrogens with zero attached hydrogens (tertiary/aromatic N) is 2. The fourth-order valence-corrected chi connectivity index (χ4v) is 2.57. The highest BCUT2D eigenvalue weighted by Gasteiger charge is 2.34. The fraction of sp³-hybridized carbons (Fsp3) is 0.176. The van der Waals surface area contributed by atoms with Crippen LogP contribution in [0.15, 0.2) is 42.6 Å². The Bertz CT molecular complexity index is 813. The third-order valence-corrected chi connectivity index (χ3v) is 3.68. The second-order valence-electron chi connectivity index (χ2n) is 5.36. The van der Waals surface area contributed by atoms with Crippen LogP contribution in [-0.2, 0) is 6.18 Å². The molecule has 0 aliphatic heterocycles. The van der Waals surface area contributed by atoms with Gasteiger partial charge < -0.3 is 0 Å². The van der Waals surface area contributed by atoms with Gasteiger partial charge in [0.05, 0.1) is 11.4 Å². The number of benzene rings is 1. The Balaban J connectivity index is 1.95. The summed E-state index contributed by atoms with van der Waals surface area (Å²) >= 11 is 0. The Morgan fingerprint density at radius 2 is 1.70 bits per heavy atom. The molecule has 1 aromatic carbocycles. The molecule has 0 unspecified atom stereocenters. The molecular formula is C17H14F3N3. The summed E-state index contributed by atoms with van der Waals surface area (Å²) in [6.45, 7) is 4.03. The zero-order chi connectivity index (χ0) is 16.6. The molecule has 1 N–H and O–H groups in total. The van der Waals surface area contributed by atoms with Gasteiger partial charge in [-0.2, -0.15) is 18.3 Å². The molecule has 0 amide bonds. The minimum Gasteiger partial charge on any atom is -0.276 e. The van der Waals surface area contributed by atoms with E-state index in [0.717, 1.165) is 28.3 Å². The lowest BCUT2D eigenvalue weighted by atomic mass is 9.97. The topological polar surface area (TPSA) is 41.6 Å². The van der Waals surface area contributed by atoms with Crippen LogP contribution in [-0.4, -0.2) is 15.2 Å². The quantitative estimate of drug-likeness (QED) is 0.739. The number of rotatable bonds is 2. The third-order valence-electron chi connectivity index (χ3n) is 3.68. The molecule has 23 heavy (non-hydrogen) atoms. The van der Waals surface area contributed by atoms with Crippen molar-refractivity contribution >= 4 is 0 Å². The number of aromatic amines is 1. The van der Waals surface area contributed by atoms with Crippen molar-refractivity contribution in [1.82, 2.24) is 15.2 Å². The Labute approximate surface area is 131 Å². The van der Waals surface area contributed by atoms with Crippen LogP contribution in [0.25, 0.3) is 22.5 Å². The van der Waals surface area contributed by atoms with E-state index in [-0.39, 0.29) is 5.69 Å². The molecule has 0 bridgehead atoms. The summed E-state index contributed by atoms with van der Waals surface area (Å²) in [5, 5.41) is 5.66. The lowest BCUT2D eigenvalue weighted by Gasteiger charge is -2.09. The van der Waals surface area contributed by atoms with E-state index in [0.29, 0.717) is 5.69 Å². The summed E-state index contributed by atoms with van der Waals surface area (Å²) in [4.78, 5) is 4.26. The Morgan fingerprint density at radius 1 is 1.00 bits per heavy atom. The van der Waals surface area contributed by atoms with Gasteiger partial charge >= 0.3 is 6.18 Å². The van der Waals surface area contributed by atoms with Gasteiger partial charge in [-0.1, -0.05) is 24.3 Å². The second-order valence-corrected chi connectivity index (χ2v) is 5.36. The summed E-state index contributed by atoms with van der Waals surface area (Å²) < 4.78 is 37.8. The van der Waals surface area contributed by atoms with Crippen molar-refractivity contribution in [3.8, 4) is 22.5 Å². The fourth-order valence-electron chi connectivity index (χ4n) is 2.57. The third kappa shape index (κ3) is 2.97. The van der Waals surface area contributed by atoms with Crippen molar-refractivity contribution in [1.29, 1.82) is 0 Å². The Hall–Kier alpha value is -2.63. The first-order valence-electron chi connectivity index (χ1n) is 7.02. The molecule has 0 spiro atoms. The van der Waals surface area contributed by atoms with E-state index in [1.165, 1.54) is 0 Å². The zero-order valence-corrected chi connectivity index (χ0v) is 12.6. The monoisotopic (exact) mass is 317 g/mol. The molecule has 2 aromatic heterocycles. The van der Waals surface area contributed by atoms with Gasteiger partial charge in [0.25, 0.3) is 0 Å². The van der Waals surface area contributed by atoms with Gasteiger partial charge in [0.2, 0.25) is 0 Å². The van der Waals surface area contributed by atoms with Crippen LogP contribution in [0, 0.1) is 13.8 Å². The molecule has 6 heteroatoms. The minimum absolute atomic E-state index is 0.241. The van der Waals surface area contributed by atoms with Crippen molar-refractivity contribution in [2.45, 2.75) is 20.0 Å². The van der Waals surface area contributed by atoms with Crippen LogP contribution in [0.1, 0.15) is 16.8 Å². The van der Waals surface area contributed by atoms with Crippen molar-refractivity contribution < 1.29 is 13.2 Å². The number of alkyl halides is 3. The van der Waals surface area contributed by atoms with Crippen LogP contribution in [0.3, 0.4) is 0 Å². The van der Waals surface area contributed by atoms with Gasteiger partial charge in [-0.3, -0.25) is 10.1 Å². The number of aromatic nitrogens is 3. The molecule has 3 aromatic rings. The molecule has 3 rings (SSSR count). The van der Waals surface area contributed by atoms with Crippen molar-refractivity contribution in [2.75, 3.05) is 0 Å². The van der Waals surface area contributed by atoms with Gasteiger partial charge in [-0.05, 0) is 42.7 Å². The van der Waals surface area contributed by atoms with Crippen LogP contribution in [0.4, 0.5) is 13.2 Å². The first-order valence-corrected chi connectivity index (χ1v) is 7.02.